The van der Waals surface area contributed by atoms with Gasteiger partial charge in [-0.25, -0.2) is 4.79 Å². The zero-order valence-corrected chi connectivity index (χ0v) is 19.7. The average molecular weight is 464 g/mol. The maximum absolute atomic E-state index is 11.0. The van der Waals surface area contributed by atoms with E-state index in [1.165, 1.54) is 11.1 Å². The van der Waals surface area contributed by atoms with Crippen LogP contribution in [0.1, 0.15) is 11.1 Å². The number of ether oxygens (including phenoxy) is 2. The highest BCUT2D eigenvalue weighted by Gasteiger charge is 2.11. The number of nitrogens with zero attached hydrogens (tertiary/aromatic N) is 1. The zero-order chi connectivity index (χ0) is 24.3. The molecule has 0 aromatic heterocycles. The van der Waals surface area contributed by atoms with Crippen molar-refractivity contribution in [2.24, 2.45) is 0 Å². The van der Waals surface area contributed by atoms with Crippen LogP contribution < -0.4 is 9.64 Å². The van der Waals surface area contributed by atoms with Crippen LogP contribution in [-0.2, 0) is 22.4 Å². The number of hydrogen-bond donors (Lipinski definition) is 0. The lowest BCUT2D eigenvalue weighted by Gasteiger charge is -2.25. The van der Waals surface area contributed by atoms with Gasteiger partial charge in [-0.1, -0.05) is 67.2 Å². The van der Waals surface area contributed by atoms with Gasteiger partial charge in [-0.05, 0) is 72.5 Å². The van der Waals surface area contributed by atoms with Crippen LogP contribution in [0.2, 0.25) is 0 Å². The highest BCUT2D eigenvalue weighted by Crippen LogP contribution is 2.34. The molecule has 0 unspecified atom stereocenters. The summed E-state index contributed by atoms with van der Waals surface area (Å²) < 4.78 is 10.5. The van der Waals surface area contributed by atoms with Crippen LogP contribution in [0.15, 0.2) is 122 Å². The molecule has 0 heterocycles. The van der Waals surface area contributed by atoms with Crippen molar-refractivity contribution in [3.05, 3.63) is 133 Å². The third-order valence-corrected chi connectivity index (χ3v) is 5.61. The van der Waals surface area contributed by atoms with Crippen molar-refractivity contribution < 1.29 is 14.3 Å². The van der Waals surface area contributed by atoms with Crippen LogP contribution in [0.5, 0.6) is 5.75 Å². The largest absolute Gasteiger partial charge is 0.490 e. The first-order chi connectivity index (χ1) is 17.2. The summed E-state index contributed by atoms with van der Waals surface area (Å²) in [7, 11) is 0. The normalized spacial score (nSPS) is 10.4. The number of anilines is 3. The van der Waals surface area contributed by atoms with Crippen molar-refractivity contribution >= 4 is 23.0 Å². The van der Waals surface area contributed by atoms with Gasteiger partial charge in [0.05, 0.1) is 0 Å². The van der Waals surface area contributed by atoms with Gasteiger partial charge in [0.2, 0.25) is 0 Å². The van der Waals surface area contributed by atoms with E-state index in [9.17, 15) is 4.79 Å². The third-order valence-electron chi connectivity index (χ3n) is 5.61. The Morgan fingerprint density at radius 1 is 0.657 bits per heavy atom. The van der Waals surface area contributed by atoms with E-state index in [2.05, 4.69) is 96.4 Å². The van der Waals surface area contributed by atoms with E-state index in [4.69, 9.17) is 9.47 Å². The lowest BCUT2D eigenvalue weighted by Crippen LogP contribution is -2.10. The molecule has 0 amide bonds. The number of para-hydroxylation sites is 2. The Balaban J connectivity index is 1.35. The molecule has 0 atom stereocenters. The fraction of sp³-hybridized carbons (Fsp3) is 0.129. The van der Waals surface area contributed by atoms with E-state index in [-0.39, 0.29) is 6.61 Å². The van der Waals surface area contributed by atoms with Crippen molar-refractivity contribution in [3.8, 4) is 5.75 Å². The molecule has 4 nitrogen and oxygen atoms in total. The predicted octanol–water partition coefficient (Wildman–Crippen LogP) is 7.05. The van der Waals surface area contributed by atoms with Crippen molar-refractivity contribution in [1.29, 1.82) is 0 Å². The van der Waals surface area contributed by atoms with Crippen molar-refractivity contribution in [3.63, 3.8) is 0 Å². The maximum atomic E-state index is 11.0. The first-order valence-corrected chi connectivity index (χ1v) is 11.7. The Kier molecular flexibility index (Phi) is 8.33. The monoisotopic (exact) mass is 463 g/mol. The van der Waals surface area contributed by atoms with E-state index >= 15 is 0 Å². The zero-order valence-electron chi connectivity index (χ0n) is 19.7. The second kappa shape index (κ2) is 12.2. The highest BCUT2D eigenvalue weighted by molar-refractivity contribution is 5.81. The molecule has 0 saturated heterocycles. The van der Waals surface area contributed by atoms with Crippen LogP contribution in [0, 0.1) is 0 Å². The Bertz CT molecular complexity index is 1160. The smallest absolute Gasteiger partial charge is 0.330 e. The summed E-state index contributed by atoms with van der Waals surface area (Å²) in [5.41, 5.74) is 5.93. The standard InChI is InChI=1S/C31H29NO3/c1-2-31(33)35-24-23-34-30-21-17-26(18-22-30)14-13-25-15-19-29(20-16-25)32(27-9-5-3-6-10-27)28-11-7-4-8-12-28/h2-12,15-22H,1,13-14,23-24H2. The molecule has 4 aromatic rings. The molecule has 0 spiro atoms. The van der Waals surface area contributed by atoms with Gasteiger partial charge in [0.1, 0.15) is 19.0 Å². The molecule has 0 N–H and O–H groups in total. The van der Waals surface area contributed by atoms with E-state index in [0.29, 0.717) is 6.61 Å². The van der Waals surface area contributed by atoms with Gasteiger partial charge in [0, 0.05) is 23.1 Å². The second-order valence-electron chi connectivity index (χ2n) is 8.04. The van der Waals surface area contributed by atoms with Gasteiger partial charge in [-0.15, -0.1) is 0 Å². The van der Waals surface area contributed by atoms with Gasteiger partial charge < -0.3 is 14.4 Å². The van der Waals surface area contributed by atoms with Crippen LogP contribution in [0.4, 0.5) is 17.1 Å². The molecule has 4 rings (SSSR count). The summed E-state index contributed by atoms with van der Waals surface area (Å²) >= 11 is 0. The van der Waals surface area contributed by atoms with Gasteiger partial charge in [-0.3, -0.25) is 0 Å². The van der Waals surface area contributed by atoms with Crippen molar-refractivity contribution in [1.82, 2.24) is 0 Å². The molecule has 0 radical (unpaired) electrons. The lowest BCUT2D eigenvalue weighted by atomic mass is 10.0. The number of hydrogen-bond acceptors (Lipinski definition) is 4. The highest BCUT2D eigenvalue weighted by atomic mass is 16.6. The first kappa shape index (κ1) is 23.8. The van der Waals surface area contributed by atoms with Crippen molar-refractivity contribution in [2.45, 2.75) is 12.8 Å². The molecular weight excluding hydrogens is 434 g/mol. The number of rotatable bonds is 11. The molecule has 176 valence electrons. The minimum Gasteiger partial charge on any atom is -0.490 e. The summed E-state index contributed by atoms with van der Waals surface area (Å²) in [4.78, 5) is 13.3. The number of aryl methyl sites for hydroxylation is 2. The third kappa shape index (κ3) is 6.84. The summed E-state index contributed by atoms with van der Waals surface area (Å²) in [5.74, 6) is 0.319. The number of benzene rings is 4. The number of carbonyl (C=O) groups excluding carboxylic acids is 1. The van der Waals surface area contributed by atoms with E-state index in [0.717, 1.165) is 41.7 Å². The first-order valence-electron chi connectivity index (χ1n) is 11.7. The summed E-state index contributed by atoms with van der Waals surface area (Å²) in [6.07, 6.45) is 3.04. The fourth-order valence-electron chi connectivity index (χ4n) is 3.81. The molecule has 35 heavy (non-hydrogen) atoms. The molecule has 0 bridgehead atoms. The molecule has 0 aliphatic carbocycles. The van der Waals surface area contributed by atoms with Gasteiger partial charge >= 0.3 is 5.97 Å². The summed E-state index contributed by atoms with van der Waals surface area (Å²) in [6.45, 7) is 3.88. The summed E-state index contributed by atoms with van der Waals surface area (Å²) in [6, 6.07) is 37.7. The average Bonchev–Trinajstić information content (AvgIpc) is 2.92. The van der Waals surface area contributed by atoms with Gasteiger partial charge in [-0.2, -0.15) is 0 Å². The van der Waals surface area contributed by atoms with E-state index in [1.54, 1.807) is 0 Å². The Morgan fingerprint density at radius 2 is 1.14 bits per heavy atom. The number of esters is 1. The van der Waals surface area contributed by atoms with Crippen molar-refractivity contribution in [2.75, 3.05) is 18.1 Å². The molecule has 0 aliphatic heterocycles. The summed E-state index contributed by atoms with van der Waals surface area (Å²) in [5, 5.41) is 0. The van der Waals surface area contributed by atoms with Gasteiger partial charge in [0.15, 0.2) is 0 Å². The molecule has 4 aromatic carbocycles. The Labute approximate surface area is 207 Å². The SMILES string of the molecule is C=CC(=O)OCCOc1ccc(CCc2ccc(N(c3ccccc3)c3ccccc3)cc2)cc1. The Morgan fingerprint density at radius 3 is 1.66 bits per heavy atom. The molecule has 0 aliphatic rings. The van der Waals surface area contributed by atoms with E-state index < -0.39 is 5.97 Å². The Hall–Kier alpha value is -4.31. The van der Waals surface area contributed by atoms with Crippen LogP contribution >= 0.6 is 0 Å². The molecule has 0 saturated carbocycles. The van der Waals surface area contributed by atoms with E-state index in [1.807, 2.05) is 24.3 Å². The minimum absolute atomic E-state index is 0.203. The van der Waals surface area contributed by atoms with Gasteiger partial charge in [0.25, 0.3) is 0 Å². The van der Waals surface area contributed by atoms with Crippen LogP contribution in [0.3, 0.4) is 0 Å². The molecule has 0 fully saturated rings. The topological polar surface area (TPSA) is 38.8 Å². The quantitative estimate of drug-likeness (QED) is 0.136. The lowest BCUT2D eigenvalue weighted by molar-refractivity contribution is -0.138. The van der Waals surface area contributed by atoms with Crippen LogP contribution in [0.25, 0.3) is 0 Å². The minimum atomic E-state index is -0.440. The molecular formula is C31H29NO3. The predicted molar refractivity (Wildman–Crippen MR) is 142 cm³/mol. The molecule has 4 heteroatoms. The fourth-order valence-corrected chi connectivity index (χ4v) is 3.81. The van der Waals surface area contributed by atoms with Crippen LogP contribution in [-0.4, -0.2) is 19.2 Å². The number of carbonyl (C=O) groups is 1. The second-order valence-corrected chi connectivity index (χ2v) is 8.04. The maximum Gasteiger partial charge on any atom is 0.330 e.